The average molecular weight is 371 g/mol. The summed E-state index contributed by atoms with van der Waals surface area (Å²) in [5.41, 5.74) is -1.89. The van der Waals surface area contributed by atoms with Gasteiger partial charge in [0.25, 0.3) is 0 Å². The highest BCUT2D eigenvalue weighted by Crippen LogP contribution is 2.34. The molecule has 0 spiro atoms. The molecule has 1 aromatic carbocycles. The maximum Gasteiger partial charge on any atom is 0.237 e. The van der Waals surface area contributed by atoms with E-state index in [1.54, 1.807) is 0 Å². The molecule has 118 valence electrons. The molecule has 1 atom stereocenters. The van der Waals surface area contributed by atoms with Crippen molar-refractivity contribution in [1.29, 1.82) is 0 Å². The lowest BCUT2D eigenvalue weighted by Crippen LogP contribution is -2.34. The number of hydrogen-bond donors (Lipinski definition) is 0. The maximum absolute atomic E-state index is 12.6. The van der Waals surface area contributed by atoms with Gasteiger partial charge in [0.15, 0.2) is 0 Å². The topological polar surface area (TPSA) is 93.0 Å². The molecule has 0 bridgehead atoms. The number of allylic oxidation sites excluding steroid dienone is 1. The zero-order valence-electron chi connectivity index (χ0n) is 11.3. The van der Waals surface area contributed by atoms with E-state index in [0.29, 0.717) is 5.02 Å². The van der Waals surface area contributed by atoms with Crippen LogP contribution in [0.1, 0.15) is 0 Å². The Morgan fingerprint density at radius 1 is 1.09 bits per heavy atom. The molecule has 0 amide bonds. The highest BCUT2D eigenvalue weighted by Gasteiger charge is 2.39. The van der Waals surface area contributed by atoms with Gasteiger partial charge in [0.1, 0.15) is 5.38 Å². The molecule has 2 rings (SSSR count). The first kappa shape index (κ1) is 17.3. The third-order valence-corrected chi connectivity index (χ3v) is 5.56. The number of alkyl halides is 1. The normalized spacial score (nSPS) is 23.4. The van der Waals surface area contributed by atoms with Crippen LogP contribution in [0.15, 0.2) is 62.3 Å². The third kappa shape index (κ3) is 3.34. The van der Waals surface area contributed by atoms with Gasteiger partial charge in [-0.15, -0.1) is 11.6 Å². The SMILES string of the molecule is O=C=NC1(N=C=O)C=C(S(=O)(=O)c2ccc(Cl)cc2)C=CC1Cl. The minimum absolute atomic E-state index is 0.0233. The largest absolute Gasteiger partial charge is 0.237 e. The number of sulfone groups is 1. The van der Waals surface area contributed by atoms with Gasteiger partial charge in [0, 0.05) is 5.02 Å². The average Bonchev–Trinajstić information content (AvgIpc) is 2.51. The van der Waals surface area contributed by atoms with Gasteiger partial charge in [0.05, 0.1) is 9.80 Å². The standard InChI is InChI=1S/C14H8Cl2N2O4S/c15-10-1-3-11(4-2-10)23(21,22)12-5-6-13(16)14(7-12,17-8-19)18-9-20/h1-7,13H. The molecule has 6 nitrogen and oxygen atoms in total. The van der Waals surface area contributed by atoms with Crippen LogP contribution in [-0.4, -0.2) is 31.6 Å². The molecule has 0 fully saturated rings. The van der Waals surface area contributed by atoms with Crippen LogP contribution >= 0.6 is 23.2 Å². The molecule has 0 aromatic heterocycles. The van der Waals surface area contributed by atoms with Gasteiger partial charge < -0.3 is 0 Å². The van der Waals surface area contributed by atoms with Crippen LogP contribution in [0.3, 0.4) is 0 Å². The van der Waals surface area contributed by atoms with Crippen molar-refractivity contribution in [1.82, 2.24) is 0 Å². The summed E-state index contributed by atoms with van der Waals surface area (Å²) < 4.78 is 25.2. The number of hydrogen-bond acceptors (Lipinski definition) is 6. The molecule has 1 aliphatic rings. The van der Waals surface area contributed by atoms with Crippen LogP contribution in [0, 0.1) is 0 Å². The third-order valence-electron chi connectivity index (χ3n) is 3.07. The Bertz CT molecular complexity index is 860. The summed E-state index contributed by atoms with van der Waals surface area (Å²) in [5, 5.41) is -0.655. The van der Waals surface area contributed by atoms with Crippen molar-refractivity contribution in [2.75, 3.05) is 0 Å². The lowest BCUT2D eigenvalue weighted by molar-refractivity contribution is 0.515. The number of rotatable bonds is 4. The predicted molar refractivity (Wildman–Crippen MR) is 84.5 cm³/mol. The monoisotopic (exact) mass is 370 g/mol. The Hall–Kier alpha value is -2.01. The highest BCUT2D eigenvalue weighted by molar-refractivity contribution is 7.95. The second-order valence-electron chi connectivity index (χ2n) is 4.45. The van der Waals surface area contributed by atoms with Crippen molar-refractivity contribution in [2.45, 2.75) is 15.9 Å². The Morgan fingerprint density at radius 3 is 2.17 bits per heavy atom. The molecule has 0 N–H and O–H groups in total. The smallest absolute Gasteiger partial charge is 0.219 e. The number of nitrogens with zero attached hydrogens (tertiary/aromatic N) is 2. The first-order valence-corrected chi connectivity index (χ1v) is 8.39. The van der Waals surface area contributed by atoms with Crippen LogP contribution in [0.5, 0.6) is 0 Å². The number of benzene rings is 1. The summed E-state index contributed by atoms with van der Waals surface area (Å²) >= 11 is 11.7. The second-order valence-corrected chi connectivity index (χ2v) is 7.31. The molecular weight excluding hydrogens is 363 g/mol. The van der Waals surface area contributed by atoms with Crippen molar-refractivity contribution in [3.8, 4) is 0 Å². The van der Waals surface area contributed by atoms with Crippen molar-refractivity contribution in [3.05, 3.63) is 52.4 Å². The van der Waals surface area contributed by atoms with Gasteiger partial charge >= 0.3 is 0 Å². The summed E-state index contributed by atoms with van der Waals surface area (Å²) in [6.45, 7) is 0. The van der Waals surface area contributed by atoms with Crippen LogP contribution in [0.25, 0.3) is 0 Å². The Balaban J connectivity index is 2.62. The van der Waals surface area contributed by atoms with E-state index in [9.17, 15) is 18.0 Å². The van der Waals surface area contributed by atoms with Gasteiger partial charge in [-0.25, -0.2) is 18.0 Å². The van der Waals surface area contributed by atoms with Crippen molar-refractivity contribution in [3.63, 3.8) is 0 Å². The molecule has 0 aliphatic heterocycles. The van der Waals surface area contributed by atoms with Crippen LogP contribution in [-0.2, 0) is 19.4 Å². The zero-order valence-corrected chi connectivity index (χ0v) is 13.6. The highest BCUT2D eigenvalue weighted by atomic mass is 35.5. The molecule has 0 saturated carbocycles. The van der Waals surface area contributed by atoms with Gasteiger partial charge in [-0.1, -0.05) is 17.7 Å². The van der Waals surface area contributed by atoms with Gasteiger partial charge in [-0.05, 0) is 36.4 Å². The lowest BCUT2D eigenvalue weighted by atomic mass is 10.0. The summed E-state index contributed by atoms with van der Waals surface area (Å²) in [7, 11) is -3.93. The zero-order chi connectivity index (χ0) is 17.1. The first-order valence-electron chi connectivity index (χ1n) is 6.09. The fourth-order valence-electron chi connectivity index (χ4n) is 1.93. The molecule has 1 aromatic rings. The molecule has 9 heteroatoms. The molecule has 0 saturated heterocycles. The van der Waals surface area contributed by atoms with Crippen LogP contribution < -0.4 is 0 Å². The Kier molecular flexibility index (Phi) is 5.00. The summed E-state index contributed by atoms with van der Waals surface area (Å²) in [4.78, 5) is 27.7. The van der Waals surface area contributed by atoms with E-state index < -0.39 is 20.9 Å². The van der Waals surface area contributed by atoms with Crippen LogP contribution in [0.2, 0.25) is 5.02 Å². The van der Waals surface area contributed by atoms with E-state index in [2.05, 4.69) is 9.98 Å². The molecule has 1 aliphatic carbocycles. The molecule has 0 heterocycles. The summed E-state index contributed by atoms with van der Waals surface area (Å²) in [6.07, 6.45) is 6.02. The number of carbonyl (C=O) groups excluding carboxylic acids is 2. The van der Waals surface area contributed by atoms with Crippen molar-refractivity contribution in [2.24, 2.45) is 9.98 Å². The quantitative estimate of drug-likeness (QED) is 0.462. The van der Waals surface area contributed by atoms with Crippen LogP contribution in [0.4, 0.5) is 0 Å². The number of halogens is 2. The maximum atomic E-state index is 12.6. The molecule has 1 unspecified atom stereocenters. The Morgan fingerprint density at radius 2 is 1.65 bits per heavy atom. The van der Waals surface area contributed by atoms with Gasteiger partial charge in [-0.2, -0.15) is 9.98 Å². The van der Waals surface area contributed by atoms with E-state index in [1.165, 1.54) is 48.6 Å². The summed E-state index contributed by atoms with van der Waals surface area (Å²) in [6, 6.07) is 5.50. The van der Waals surface area contributed by atoms with Crippen molar-refractivity contribution >= 4 is 45.2 Å². The summed E-state index contributed by atoms with van der Waals surface area (Å²) in [5.74, 6) is 0. The molecule has 0 radical (unpaired) electrons. The van der Waals surface area contributed by atoms with Gasteiger partial charge in [-0.3, -0.25) is 0 Å². The van der Waals surface area contributed by atoms with E-state index in [-0.39, 0.29) is 9.80 Å². The predicted octanol–water partition coefficient (Wildman–Crippen LogP) is 2.54. The molecular formula is C14H8Cl2N2O4S. The van der Waals surface area contributed by atoms with Gasteiger partial charge in [0.2, 0.25) is 27.7 Å². The van der Waals surface area contributed by atoms with E-state index in [1.807, 2.05) is 0 Å². The van der Waals surface area contributed by atoms with E-state index in [0.717, 1.165) is 6.08 Å². The first-order chi connectivity index (χ1) is 10.9. The van der Waals surface area contributed by atoms with E-state index in [4.69, 9.17) is 23.2 Å². The number of isocyanates is 2. The Labute approximate surface area is 141 Å². The van der Waals surface area contributed by atoms with E-state index >= 15 is 0 Å². The minimum Gasteiger partial charge on any atom is -0.219 e. The number of aliphatic imine (C=N–C) groups is 2. The van der Waals surface area contributed by atoms with Crippen molar-refractivity contribution < 1.29 is 18.0 Å². The fourth-order valence-corrected chi connectivity index (χ4v) is 3.65. The minimum atomic E-state index is -3.93. The fraction of sp³-hybridized carbons (Fsp3) is 0.143. The molecule has 23 heavy (non-hydrogen) atoms. The lowest BCUT2D eigenvalue weighted by Gasteiger charge is -2.25. The second kappa shape index (κ2) is 6.62.